The van der Waals surface area contributed by atoms with Crippen molar-refractivity contribution in [3.8, 4) is 11.3 Å². The van der Waals surface area contributed by atoms with Gasteiger partial charge in [-0.2, -0.15) is 0 Å². The van der Waals surface area contributed by atoms with E-state index in [1.54, 1.807) is 0 Å². The van der Waals surface area contributed by atoms with Crippen LogP contribution in [0.3, 0.4) is 0 Å². The number of aryl methyl sites for hydroxylation is 1. The fraction of sp³-hybridized carbons (Fsp3) is 0.391. The molecule has 0 saturated carbocycles. The molecule has 4 rings (SSSR count). The summed E-state index contributed by atoms with van der Waals surface area (Å²) < 4.78 is 5.40. The fourth-order valence-corrected chi connectivity index (χ4v) is 4.00. The van der Waals surface area contributed by atoms with Gasteiger partial charge < -0.3 is 14.7 Å². The molecule has 1 fully saturated rings. The molecule has 3 aromatic rings. The zero-order valence-corrected chi connectivity index (χ0v) is 17.4. The number of amides is 2. The number of carbonyl (C=O) groups excluding carboxylic acids is 2. The van der Waals surface area contributed by atoms with Gasteiger partial charge in [0.15, 0.2) is 0 Å². The first-order valence-corrected chi connectivity index (χ1v) is 10.5. The summed E-state index contributed by atoms with van der Waals surface area (Å²) in [5, 5.41) is 7.74. The largest absolute Gasteiger partial charge is 0.352 e. The number of hydrogen-bond acceptors (Lipinski definition) is 5. The van der Waals surface area contributed by atoms with Crippen LogP contribution in [0.25, 0.3) is 22.4 Å². The Labute approximate surface area is 175 Å². The van der Waals surface area contributed by atoms with Gasteiger partial charge in [-0.25, -0.2) is 4.98 Å². The maximum absolute atomic E-state index is 13.5. The molecule has 7 nitrogen and oxygen atoms in total. The number of likely N-dealkylation sites (tertiary alicyclic amines) is 1. The lowest BCUT2D eigenvalue weighted by Gasteiger charge is -2.33. The monoisotopic (exact) mass is 406 g/mol. The van der Waals surface area contributed by atoms with Gasteiger partial charge in [-0.05, 0) is 32.3 Å². The molecule has 1 unspecified atom stereocenters. The van der Waals surface area contributed by atoms with Gasteiger partial charge in [0, 0.05) is 31.1 Å². The molecule has 1 saturated heterocycles. The van der Waals surface area contributed by atoms with E-state index in [2.05, 4.69) is 15.5 Å². The lowest BCUT2D eigenvalue weighted by atomic mass is 10.0. The highest BCUT2D eigenvalue weighted by molar-refractivity contribution is 6.07. The summed E-state index contributed by atoms with van der Waals surface area (Å²) in [5.41, 5.74) is 3.13. The van der Waals surface area contributed by atoms with Crippen LogP contribution in [-0.4, -0.2) is 46.0 Å². The number of rotatable bonds is 5. The number of benzene rings is 1. The summed E-state index contributed by atoms with van der Waals surface area (Å²) in [7, 11) is 0. The summed E-state index contributed by atoms with van der Waals surface area (Å²) in [5.74, 6) is -0.0373. The van der Waals surface area contributed by atoms with Crippen molar-refractivity contribution in [2.45, 2.75) is 45.6 Å². The van der Waals surface area contributed by atoms with E-state index >= 15 is 0 Å². The zero-order chi connectivity index (χ0) is 21.1. The van der Waals surface area contributed by atoms with E-state index in [0.29, 0.717) is 47.6 Å². The average Bonchev–Trinajstić information content (AvgIpc) is 3.14. The first kappa shape index (κ1) is 20.1. The second-order valence-corrected chi connectivity index (χ2v) is 7.78. The smallest absolute Gasteiger partial charge is 0.259 e. The van der Waals surface area contributed by atoms with Crippen LogP contribution in [0.1, 0.15) is 48.7 Å². The van der Waals surface area contributed by atoms with Gasteiger partial charge in [0.2, 0.25) is 5.91 Å². The van der Waals surface area contributed by atoms with Crippen molar-refractivity contribution < 1.29 is 14.1 Å². The topological polar surface area (TPSA) is 88.3 Å². The van der Waals surface area contributed by atoms with Crippen molar-refractivity contribution in [3.63, 3.8) is 0 Å². The van der Waals surface area contributed by atoms with Crippen LogP contribution in [0.2, 0.25) is 0 Å². The molecule has 2 amide bonds. The van der Waals surface area contributed by atoms with E-state index in [9.17, 15) is 9.59 Å². The second kappa shape index (κ2) is 8.65. The summed E-state index contributed by atoms with van der Waals surface area (Å²) in [6, 6.07) is 11.5. The van der Waals surface area contributed by atoms with E-state index in [1.165, 1.54) is 0 Å². The van der Waals surface area contributed by atoms with Crippen LogP contribution >= 0.6 is 0 Å². The van der Waals surface area contributed by atoms with Gasteiger partial charge in [0.25, 0.3) is 11.6 Å². The molecule has 156 valence electrons. The van der Waals surface area contributed by atoms with Crippen LogP contribution in [0.4, 0.5) is 0 Å². The fourth-order valence-electron chi connectivity index (χ4n) is 4.00. The standard InChI is InChI=1S/C23H26N4O3/c1-3-8-20(28)24-17-11-7-12-27(14-17)23(29)18-13-19(16-9-5-4-6-10-16)25-22-21(18)15(2)26-30-22/h4-6,9-10,13,17H,3,7-8,11-12,14H2,1-2H3,(H,24,28). The lowest BCUT2D eigenvalue weighted by molar-refractivity contribution is -0.122. The molecule has 1 aliphatic heterocycles. The average molecular weight is 406 g/mol. The number of carbonyl (C=O) groups is 2. The van der Waals surface area contributed by atoms with Gasteiger partial charge in [-0.3, -0.25) is 9.59 Å². The van der Waals surface area contributed by atoms with E-state index in [1.807, 2.05) is 55.1 Å². The molecule has 30 heavy (non-hydrogen) atoms. The number of pyridine rings is 1. The molecule has 1 aromatic carbocycles. The maximum atomic E-state index is 13.5. The van der Waals surface area contributed by atoms with Crippen LogP contribution in [-0.2, 0) is 4.79 Å². The number of nitrogens with zero attached hydrogens (tertiary/aromatic N) is 3. The maximum Gasteiger partial charge on any atom is 0.259 e. The highest BCUT2D eigenvalue weighted by Gasteiger charge is 2.28. The van der Waals surface area contributed by atoms with Crippen molar-refractivity contribution in [1.29, 1.82) is 0 Å². The Hall–Kier alpha value is -3.22. The predicted octanol–water partition coefficient (Wildman–Crippen LogP) is 3.72. The quantitative estimate of drug-likeness (QED) is 0.698. The van der Waals surface area contributed by atoms with Crippen LogP contribution in [0.15, 0.2) is 40.9 Å². The van der Waals surface area contributed by atoms with Crippen molar-refractivity contribution in [3.05, 3.63) is 47.7 Å². The molecule has 1 aliphatic rings. The molecular weight excluding hydrogens is 380 g/mol. The SMILES string of the molecule is CCCC(=O)NC1CCCN(C(=O)c2cc(-c3ccccc3)nc3onc(C)c23)C1. The highest BCUT2D eigenvalue weighted by atomic mass is 16.5. The molecule has 0 bridgehead atoms. The number of piperidine rings is 1. The summed E-state index contributed by atoms with van der Waals surface area (Å²) in [6.45, 7) is 4.96. The number of aromatic nitrogens is 2. The van der Waals surface area contributed by atoms with Gasteiger partial charge in [0.05, 0.1) is 22.3 Å². The Morgan fingerprint density at radius 3 is 2.83 bits per heavy atom. The van der Waals surface area contributed by atoms with Crippen molar-refractivity contribution in [1.82, 2.24) is 20.4 Å². The third-order valence-electron chi connectivity index (χ3n) is 5.47. The number of nitrogens with one attached hydrogen (secondary N) is 1. The molecular formula is C23H26N4O3. The third-order valence-corrected chi connectivity index (χ3v) is 5.47. The molecule has 0 aliphatic carbocycles. The molecule has 2 aromatic heterocycles. The zero-order valence-electron chi connectivity index (χ0n) is 17.4. The van der Waals surface area contributed by atoms with Crippen molar-refractivity contribution in [2.75, 3.05) is 13.1 Å². The molecule has 1 atom stereocenters. The van der Waals surface area contributed by atoms with Gasteiger partial charge in [-0.1, -0.05) is 42.4 Å². The van der Waals surface area contributed by atoms with Crippen molar-refractivity contribution >= 4 is 22.9 Å². The van der Waals surface area contributed by atoms with E-state index in [-0.39, 0.29) is 17.9 Å². The van der Waals surface area contributed by atoms with Crippen LogP contribution < -0.4 is 5.32 Å². The Bertz CT molecular complexity index is 1060. The Kier molecular flexibility index (Phi) is 5.79. The highest BCUT2D eigenvalue weighted by Crippen LogP contribution is 2.28. The minimum atomic E-state index is -0.0830. The van der Waals surface area contributed by atoms with Gasteiger partial charge in [0.1, 0.15) is 0 Å². The molecule has 3 heterocycles. The molecule has 7 heteroatoms. The van der Waals surface area contributed by atoms with Gasteiger partial charge >= 0.3 is 0 Å². The lowest BCUT2D eigenvalue weighted by Crippen LogP contribution is -2.49. The predicted molar refractivity (Wildman–Crippen MR) is 114 cm³/mol. The summed E-state index contributed by atoms with van der Waals surface area (Å²) in [6.07, 6.45) is 3.05. The summed E-state index contributed by atoms with van der Waals surface area (Å²) >= 11 is 0. The Balaban J connectivity index is 1.65. The van der Waals surface area contributed by atoms with E-state index < -0.39 is 0 Å². The Morgan fingerprint density at radius 2 is 2.07 bits per heavy atom. The van der Waals surface area contributed by atoms with E-state index in [0.717, 1.165) is 24.8 Å². The molecule has 1 N–H and O–H groups in total. The van der Waals surface area contributed by atoms with Crippen LogP contribution in [0, 0.1) is 6.92 Å². The molecule has 0 radical (unpaired) electrons. The minimum Gasteiger partial charge on any atom is -0.352 e. The third kappa shape index (κ3) is 4.06. The van der Waals surface area contributed by atoms with E-state index in [4.69, 9.17) is 4.52 Å². The number of hydrogen-bond donors (Lipinski definition) is 1. The van der Waals surface area contributed by atoms with Crippen molar-refractivity contribution in [2.24, 2.45) is 0 Å². The normalized spacial score (nSPS) is 16.6. The second-order valence-electron chi connectivity index (χ2n) is 7.78. The number of fused-ring (bicyclic) bond motifs is 1. The van der Waals surface area contributed by atoms with Crippen LogP contribution in [0.5, 0.6) is 0 Å². The minimum absolute atomic E-state index is 0.0174. The molecule has 0 spiro atoms. The summed E-state index contributed by atoms with van der Waals surface area (Å²) in [4.78, 5) is 31.9. The first-order chi connectivity index (χ1) is 14.6. The Morgan fingerprint density at radius 1 is 1.27 bits per heavy atom. The first-order valence-electron chi connectivity index (χ1n) is 10.5. The van der Waals surface area contributed by atoms with Gasteiger partial charge in [-0.15, -0.1) is 0 Å².